The average Bonchev–Trinajstić information content (AvgIpc) is 3.04. The molecule has 1 aromatic carbocycles. The fourth-order valence-corrected chi connectivity index (χ4v) is 3.71. The van der Waals surface area contributed by atoms with Crippen LogP contribution in [0.15, 0.2) is 35.3 Å². The number of carbonyl (C=O) groups is 2. The van der Waals surface area contributed by atoms with Gasteiger partial charge in [-0.1, -0.05) is 56.5 Å². The summed E-state index contributed by atoms with van der Waals surface area (Å²) in [6.07, 6.45) is 4.00. The largest absolute Gasteiger partial charge is 0.341 e. The molecule has 2 aliphatic heterocycles. The minimum atomic E-state index is -0.467. The molecule has 0 spiro atoms. The van der Waals surface area contributed by atoms with Crippen LogP contribution in [-0.2, 0) is 11.3 Å². The van der Waals surface area contributed by atoms with E-state index in [1.165, 1.54) is 23.3 Å². The van der Waals surface area contributed by atoms with Crippen molar-refractivity contribution in [3.8, 4) is 0 Å². The fourth-order valence-electron chi connectivity index (χ4n) is 3.71. The van der Waals surface area contributed by atoms with Gasteiger partial charge in [-0.05, 0) is 12.0 Å². The van der Waals surface area contributed by atoms with E-state index in [9.17, 15) is 9.59 Å². The number of hydrogen-bond donors (Lipinski definition) is 1. The first kappa shape index (κ1) is 19.2. The number of fused-ring (bicyclic) bond motifs is 1. The standard InChI is InChI=1S/C20H29N5O2/c1-4-5-6-10-13-25-16-17(24(3)20(27)22-18(16)26)21-19(25)23(2)14-15-11-8-7-9-12-15/h7-9,11-12,16-17H,4-6,10,13-14H2,1-3H3,(H,22,26,27). The number of likely N-dealkylation sites (N-methyl/N-ethyl adjacent to an activating group) is 1. The van der Waals surface area contributed by atoms with Crippen LogP contribution in [0.4, 0.5) is 4.79 Å². The molecule has 27 heavy (non-hydrogen) atoms. The Morgan fingerprint density at radius 2 is 1.89 bits per heavy atom. The Morgan fingerprint density at radius 1 is 1.15 bits per heavy atom. The molecule has 2 atom stereocenters. The first-order valence-corrected chi connectivity index (χ1v) is 9.70. The lowest BCUT2D eigenvalue weighted by atomic mass is 10.1. The van der Waals surface area contributed by atoms with Gasteiger partial charge in [0.1, 0.15) is 0 Å². The molecule has 3 rings (SSSR count). The Morgan fingerprint density at radius 3 is 2.59 bits per heavy atom. The molecule has 146 valence electrons. The van der Waals surface area contributed by atoms with Gasteiger partial charge in [0.2, 0.25) is 0 Å². The van der Waals surface area contributed by atoms with Crippen LogP contribution in [0.1, 0.15) is 38.2 Å². The Balaban J connectivity index is 1.80. The van der Waals surface area contributed by atoms with Crippen LogP contribution in [0, 0.1) is 0 Å². The van der Waals surface area contributed by atoms with E-state index in [1.807, 2.05) is 25.2 Å². The van der Waals surface area contributed by atoms with Crippen molar-refractivity contribution in [2.45, 2.75) is 51.4 Å². The van der Waals surface area contributed by atoms with Crippen LogP contribution in [0.3, 0.4) is 0 Å². The van der Waals surface area contributed by atoms with Crippen LogP contribution in [0.5, 0.6) is 0 Å². The van der Waals surface area contributed by atoms with Crippen molar-refractivity contribution in [3.63, 3.8) is 0 Å². The van der Waals surface area contributed by atoms with Gasteiger partial charge in [0.25, 0.3) is 5.91 Å². The number of nitrogens with one attached hydrogen (secondary N) is 1. The zero-order valence-electron chi connectivity index (χ0n) is 16.4. The lowest BCUT2D eigenvalue weighted by Gasteiger charge is -2.37. The average molecular weight is 371 g/mol. The van der Waals surface area contributed by atoms with Crippen molar-refractivity contribution in [2.24, 2.45) is 4.99 Å². The SMILES string of the molecule is CCCCCCN1C(N(C)Cc2ccccc2)=NC2C1C(=O)NC(=O)N2C. The summed E-state index contributed by atoms with van der Waals surface area (Å²) in [5.41, 5.74) is 1.18. The molecule has 1 fully saturated rings. The molecule has 2 heterocycles. The Kier molecular flexibility index (Phi) is 5.98. The van der Waals surface area contributed by atoms with Crippen LogP contribution >= 0.6 is 0 Å². The van der Waals surface area contributed by atoms with Crippen molar-refractivity contribution in [3.05, 3.63) is 35.9 Å². The van der Waals surface area contributed by atoms with E-state index in [-0.39, 0.29) is 11.9 Å². The Labute approximate surface area is 161 Å². The number of unbranched alkanes of at least 4 members (excludes halogenated alkanes) is 3. The third kappa shape index (κ3) is 4.07. The zero-order valence-corrected chi connectivity index (χ0v) is 16.4. The number of hydrogen-bond acceptors (Lipinski definition) is 5. The summed E-state index contributed by atoms with van der Waals surface area (Å²) in [5.74, 6) is 0.521. The molecule has 0 aliphatic carbocycles. The molecule has 0 radical (unpaired) electrons. The second kappa shape index (κ2) is 8.41. The number of rotatable bonds is 7. The number of nitrogens with zero attached hydrogens (tertiary/aromatic N) is 4. The summed E-state index contributed by atoms with van der Waals surface area (Å²) >= 11 is 0. The Hall–Kier alpha value is -2.57. The summed E-state index contributed by atoms with van der Waals surface area (Å²) in [6.45, 7) is 3.64. The van der Waals surface area contributed by atoms with Crippen molar-refractivity contribution >= 4 is 17.9 Å². The highest BCUT2D eigenvalue weighted by Gasteiger charge is 2.49. The molecule has 2 unspecified atom stereocenters. The van der Waals surface area contributed by atoms with Gasteiger partial charge in [-0.15, -0.1) is 0 Å². The van der Waals surface area contributed by atoms with Gasteiger partial charge >= 0.3 is 6.03 Å². The number of amides is 3. The van der Waals surface area contributed by atoms with Crippen molar-refractivity contribution in [1.82, 2.24) is 20.0 Å². The second-order valence-electron chi connectivity index (χ2n) is 7.29. The minimum absolute atomic E-state index is 0.259. The van der Waals surface area contributed by atoms with E-state index in [0.717, 1.165) is 25.3 Å². The lowest BCUT2D eigenvalue weighted by molar-refractivity contribution is -0.127. The predicted octanol–water partition coefficient (Wildman–Crippen LogP) is 2.25. The number of carbonyl (C=O) groups excluding carboxylic acids is 2. The van der Waals surface area contributed by atoms with Crippen LogP contribution in [0.2, 0.25) is 0 Å². The summed E-state index contributed by atoms with van der Waals surface area (Å²) in [7, 11) is 3.68. The molecule has 0 saturated carbocycles. The van der Waals surface area contributed by atoms with Gasteiger partial charge in [0.05, 0.1) is 0 Å². The number of guanidine groups is 1. The van der Waals surface area contributed by atoms with Gasteiger partial charge in [0.15, 0.2) is 18.2 Å². The van der Waals surface area contributed by atoms with Crippen molar-refractivity contribution in [1.29, 1.82) is 0 Å². The zero-order chi connectivity index (χ0) is 19.4. The van der Waals surface area contributed by atoms with E-state index < -0.39 is 12.2 Å². The van der Waals surface area contributed by atoms with Crippen LogP contribution < -0.4 is 5.32 Å². The number of urea groups is 1. The third-order valence-electron chi connectivity index (χ3n) is 5.20. The molecule has 0 aromatic heterocycles. The Bertz CT molecular complexity index is 706. The highest BCUT2D eigenvalue weighted by molar-refractivity contribution is 6.03. The molecule has 1 aromatic rings. The second-order valence-corrected chi connectivity index (χ2v) is 7.29. The molecule has 7 nitrogen and oxygen atoms in total. The summed E-state index contributed by atoms with van der Waals surface area (Å²) in [6, 6.07) is 9.34. The quantitative estimate of drug-likeness (QED) is 0.747. The summed E-state index contributed by atoms with van der Waals surface area (Å²) in [5, 5.41) is 2.46. The maximum atomic E-state index is 12.6. The molecule has 0 bridgehead atoms. The summed E-state index contributed by atoms with van der Waals surface area (Å²) < 4.78 is 0. The first-order valence-electron chi connectivity index (χ1n) is 9.70. The predicted molar refractivity (Wildman–Crippen MR) is 105 cm³/mol. The molecule has 2 aliphatic rings. The van der Waals surface area contributed by atoms with E-state index in [0.29, 0.717) is 6.54 Å². The number of benzene rings is 1. The fraction of sp³-hybridized carbons (Fsp3) is 0.550. The van der Waals surface area contributed by atoms with Crippen molar-refractivity contribution < 1.29 is 9.59 Å². The maximum absolute atomic E-state index is 12.6. The molecule has 1 N–H and O–H groups in total. The van der Waals surface area contributed by atoms with Gasteiger partial charge < -0.3 is 14.7 Å². The van der Waals surface area contributed by atoms with Crippen molar-refractivity contribution in [2.75, 3.05) is 20.6 Å². The van der Waals surface area contributed by atoms with E-state index in [1.54, 1.807) is 7.05 Å². The van der Waals surface area contributed by atoms with Gasteiger partial charge in [-0.3, -0.25) is 10.1 Å². The lowest BCUT2D eigenvalue weighted by Crippen LogP contribution is -2.64. The van der Waals surface area contributed by atoms with Gasteiger partial charge in [0, 0.05) is 27.2 Å². The number of aliphatic imine (C=N–C) groups is 1. The highest BCUT2D eigenvalue weighted by atomic mass is 16.2. The molecule has 3 amide bonds. The van der Waals surface area contributed by atoms with E-state index in [2.05, 4.69) is 34.2 Å². The summed E-state index contributed by atoms with van der Waals surface area (Å²) in [4.78, 5) is 35.0. The maximum Gasteiger partial charge on any atom is 0.325 e. The van der Waals surface area contributed by atoms with Crippen LogP contribution in [0.25, 0.3) is 0 Å². The molecular formula is C20H29N5O2. The highest BCUT2D eigenvalue weighted by Crippen LogP contribution is 2.26. The topological polar surface area (TPSA) is 68.2 Å². The van der Waals surface area contributed by atoms with Crippen LogP contribution in [-0.4, -0.2) is 65.4 Å². The van der Waals surface area contributed by atoms with Gasteiger partial charge in [-0.2, -0.15) is 0 Å². The normalized spacial score (nSPS) is 21.8. The van der Waals surface area contributed by atoms with E-state index >= 15 is 0 Å². The monoisotopic (exact) mass is 371 g/mol. The minimum Gasteiger partial charge on any atom is -0.341 e. The first-order chi connectivity index (χ1) is 13.0. The molecule has 1 saturated heterocycles. The number of imide groups is 1. The third-order valence-corrected chi connectivity index (χ3v) is 5.20. The smallest absolute Gasteiger partial charge is 0.325 e. The van der Waals surface area contributed by atoms with E-state index in [4.69, 9.17) is 4.99 Å². The molecule has 7 heteroatoms. The van der Waals surface area contributed by atoms with Gasteiger partial charge in [-0.25, -0.2) is 9.79 Å². The molecular weight excluding hydrogens is 342 g/mol.